The Labute approximate surface area is 169 Å². The van der Waals surface area contributed by atoms with Crippen LogP contribution in [0.15, 0.2) is 47.1 Å². The van der Waals surface area contributed by atoms with Crippen molar-refractivity contribution in [1.82, 2.24) is 10.2 Å². The molecule has 1 aromatic heterocycles. The predicted molar refractivity (Wildman–Crippen MR) is 115 cm³/mol. The average Bonchev–Trinajstić information content (AvgIpc) is 3.22. The van der Waals surface area contributed by atoms with Crippen molar-refractivity contribution in [2.75, 3.05) is 30.7 Å². The molecule has 0 spiro atoms. The fourth-order valence-electron chi connectivity index (χ4n) is 2.96. The summed E-state index contributed by atoms with van der Waals surface area (Å²) in [5.74, 6) is 2.91. The Hall–Kier alpha value is -1.99. The van der Waals surface area contributed by atoms with E-state index < -0.39 is 0 Å². The summed E-state index contributed by atoms with van der Waals surface area (Å²) in [5.41, 5.74) is 1.61. The van der Waals surface area contributed by atoms with E-state index in [1.54, 1.807) is 18.0 Å². The van der Waals surface area contributed by atoms with E-state index in [1.165, 1.54) is 6.42 Å². The maximum absolute atomic E-state index is 12.5. The molecule has 1 aliphatic rings. The Morgan fingerprint density at radius 1 is 1.15 bits per heavy atom. The van der Waals surface area contributed by atoms with Crippen LogP contribution in [0.1, 0.15) is 35.4 Å². The lowest BCUT2D eigenvalue weighted by Gasteiger charge is -2.26. The molecule has 1 amide bonds. The van der Waals surface area contributed by atoms with Crippen molar-refractivity contribution in [2.45, 2.75) is 25.0 Å². The molecule has 0 radical (unpaired) electrons. The second kappa shape index (κ2) is 10.4. The highest BCUT2D eigenvalue weighted by Crippen LogP contribution is 2.16. The largest absolute Gasteiger partial charge is 0.468 e. The van der Waals surface area contributed by atoms with Gasteiger partial charge in [0.1, 0.15) is 5.76 Å². The zero-order valence-electron chi connectivity index (χ0n) is 15.3. The molecule has 7 heteroatoms. The van der Waals surface area contributed by atoms with Gasteiger partial charge in [0.2, 0.25) is 0 Å². The summed E-state index contributed by atoms with van der Waals surface area (Å²) in [6.45, 7) is 2.51. The minimum Gasteiger partial charge on any atom is -0.468 e. The van der Waals surface area contributed by atoms with Gasteiger partial charge in [0.15, 0.2) is 5.11 Å². The van der Waals surface area contributed by atoms with Crippen molar-refractivity contribution < 1.29 is 9.21 Å². The van der Waals surface area contributed by atoms with Crippen LogP contribution in [0.25, 0.3) is 0 Å². The first kappa shape index (κ1) is 19.8. The van der Waals surface area contributed by atoms with E-state index in [1.807, 2.05) is 41.3 Å². The van der Waals surface area contributed by atoms with E-state index in [9.17, 15) is 4.79 Å². The fourth-order valence-corrected chi connectivity index (χ4v) is 3.93. The summed E-state index contributed by atoms with van der Waals surface area (Å²) in [6.07, 6.45) is 5.12. The number of carbonyl (C=O) groups excluding carboxylic acids is 1. The fraction of sp³-hybridized carbons (Fsp3) is 0.400. The van der Waals surface area contributed by atoms with Crippen LogP contribution in [0.2, 0.25) is 0 Å². The maximum Gasteiger partial charge on any atom is 0.253 e. The molecule has 27 heavy (non-hydrogen) atoms. The normalized spacial score (nSPS) is 14.0. The quantitative estimate of drug-likeness (QED) is 0.536. The highest BCUT2D eigenvalue weighted by molar-refractivity contribution is 7.98. The maximum atomic E-state index is 12.5. The van der Waals surface area contributed by atoms with Crippen molar-refractivity contribution in [3.63, 3.8) is 0 Å². The van der Waals surface area contributed by atoms with E-state index in [0.29, 0.717) is 5.11 Å². The van der Waals surface area contributed by atoms with Gasteiger partial charge in [-0.3, -0.25) is 4.79 Å². The molecule has 5 nitrogen and oxygen atoms in total. The van der Waals surface area contributed by atoms with Gasteiger partial charge in [-0.2, -0.15) is 11.8 Å². The number of nitrogens with one attached hydrogen (secondary N) is 2. The van der Waals surface area contributed by atoms with Crippen LogP contribution < -0.4 is 10.6 Å². The van der Waals surface area contributed by atoms with E-state index >= 15 is 0 Å². The SMILES string of the molecule is O=C(c1ccc(NC(=S)NCCSCc2ccco2)cc1)N1CCCCC1. The number of carbonyl (C=O) groups is 1. The highest BCUT2D eigenvalue weighted by Gasteiger charge is 2.17. The molecule has 0 atom stereocenters. The Morgan fingerprint density at radius 2 is 1.93 bits per heavy atom. The number of nitrogens with zero attached hydrogens (tertiary/aromatic N) is 1. The van der Waals surface area contributed by atoms with Gasteiger partial charge in [-0.25, -0.2) is 0 Å². The summed E-state index contributed by atoms with van der Waals surface area (Å²) >= 11 is 7.12. The molecule has 0 aliphatic carbocycles. The molecule has 144 valence electrons. The van der Waals surface area contributed by atoms with Crippen LogP contribution >= 0.6 is 24.0 Å². The summed E-state index contributed by atoms with van der Waals surface area (Å²) in [6, 6.07) is 11.4. The van der Waals surface area contributed by atoms with Gasteiger partial charge in [-0.15, -0.1) is 0 Å². The first-order valence-corrected chi connectivity index (χ1v) is 10.8. The average molecular weight is 404 g/mol. The summed E-state index contributed by atoms with van der Waals surface area (Å²) in [4.78, 5) is 14.4. The molecule has 2 N–H and O–H groups in total. The van der Waals surface area contributed by atoms with Gasteiger partial charge in [-0.05, 0) is 67.9 Å². The molecule has 2 heterocycles. The Kier molecular flexibility index (Phi) is 7.59. The standard InChI is InChI=1S/C20H25N3O2S2/c24-19(23-11-2-1-3-12-23)16-6-8-17(9-7-16)22-20(26)21-10-14-27-15-18-5-4-13-25-18/h4-9,13H,1-3,10-12,14-15H2,(H2,21,22,26). The summed E-state index contributed by atoms with van der Waals surface area (Å²) in [5, 5.41) is 6.94. The van der Waals surface area contributed by atoms with Crippen LogP contribution in [0.3, 0.4) is 0 Å². The molecular formula is C20H25N3O2S2. The second-order valence-electron chi connectivity index (χ2n) is 6.44. The van der Waals surface area contributed by atoms with E-state index in [0.717, 1.165) is 61.0 Å². The molecule has 1 aromatic carbocycles. The molecule has 1 saturated heterocycles. The summed E-state index contributed by atoms with van der Waals surface area (Å²) < 4.78 is 5.30. The van der Waals surface area contributed by atoms with Crippen LogP contribution in [-0.2, 0) is 5.75 Å². The lowest BCUT2D eigenvalue weighted by molar-refractivity contribution is 0.0724. The number of thiocarbonyl (C=S) groups is 1. The number of piperidine rings is 1. The molecule has 0 saturated carbocycles. The van der Waals surface area contributed by atoms with Gasteiger partial charge in [0.05, 0.1) is 12.0 Å². The van der Waals surface area contributed by atoms with Crippen LogP contribution in [0.4, 0.5) is 5.69 Å². The Bertz CT molecular complexity index is 726. The van der Waals surface area contributed by atoms with Crippen molar-refractivity contribution in [1.29, 1.82) is 0 Å². The predicted octanol–water partition coefficient (Wildman–Crippen LogP) is 4.13. The van der Waals surface area contributed by atoms with Gasteiger partial charge < -0.3 is 20.0 Å². The zero-order valence-corrected chi connectivity index (χ0v) is 16.9. The van der Waals surface area contributed by atoms with Crippen molar-refractivity contribution >= 4 is 40.7 Å². The van der Waals surface area contributed by atoms with E-state index in [-0.39, 0.29) is 5.91 Å². The number of rotatable bonds is 7. The van der Waals surface area contributed by atoms with E-state index in [2.05, 4.69) is 10.6 Å². The van der Waals surface area contributed by atoms with Crippen LogP contribution in [0.5, 0.6) is 0 Å². The van der Waals surface area contributed by atoms with Gasteiger partial charge in [0.25, 0.3) is 5.91 Å². The molecule has 1 fully saturated rings. The number of anilines is 1. The summed E-state index contributed by atoms with van der Waals surface area (Å²) in [7, 11) is 0. The first-order chi connectivity index (χ1) is 13.2. The molecule has 3 rings (SSSR count). The minimum atomic E-state index is 0.121. The lowest BCUT2D eigenvalue weighted by Crippen LogP contribution is -2.35. The van der Waals surface area contributed by atoms with E-state index in [4.69, 9.17) is 16.6 Å². The topological polar surface area (TPSA) is 57.5 Å². The Morgan fingerprint density at radius 3 is 2.63 bits per heavy atom. The Balaban J connectivity index is 1.37. The third-order valence-corrected chi connectivity index (χ3v) is 5.62. The number of benzene rings is 1. The molecule has 1 aliphatic heterocycles. The van der Waals surface area contributed by atoms with Gasteiger partial charge >= 0.3 is 0 Å². The number of hydrogen-bond donors (Lipinski definition) is 2. The van der Waals surface area contributed by atoms with Crippen molar-refractivity contribution in [3.05, 3.63) is 54.0 Å². The number of furan rings is 1. The third-order valence-electron chi connectivity index (χ3n) is 4.39. The number of hydrogen-bond acceptors (Lipinski definition) is 4. The minimum absolute atomic E-state index is 0.121. The molecule has 0 unspecified atom stereocenters. The molecular weight excluding hydrogens is 378 g/mol. The second-order valence-corrected chi connectivity index (χ2v) is 7.96. The molecule has 0 bridgehead atoms. The first-order valence-electron chi connectivity index (χ1n) is 9.27. The highest BCUT2D eigenvalue weighted by atomic mass is 32.2. The van der Waals surface area contributed by atoms with Crippen molar-refractivity contribution in [3.8, 4) is 0 Å². The lowest BCUT2D eigenvalue weighted by atomic mass is 10.1. The monoisotopic (exact) mass is 403 g/mol. The number of thioether (sulfide) groups is 1. The van der Waals surface area contributed by atoms with Gasteiger partial charge in [-0.1, -0.05) is 0 Å². The molecule has 2 aromatic rings. The smallest absolute Gasteiger partial charge is 0.253 e. The van der Waals surface area contributed by atoms with Crippen LogP contribution in [0, 0.1) is 0 Å². The number of likely N-dealkylation sites (tertiary alicyclic amines) is 1. The van der Waals surface area contributed by atoms with Gasteiger partial charge in [0, 0.05) is 36.6 Å². The van der Waals surface area contributed by atoms with Crippen LogP contribution in [-0.4, -0.2) is 41.3 Å². The third kappa shape index (κ3) is 6.29. The van der Waals surface area contributed by atoms with Crippen molar-refractivity contribution in [2.24, 2.45) is 0 Å². The number of amides is 1. The zero-order chi connectivity index (χ0) is 18.9.